The molecule has 1 nitrogen and oxygen atoms in total. The fraction of sp³-hybridized carbons (Fsp3) is 0.857. The van der Waals surface area contributed by atoms with Crippen LogP contribution in [0.5, 0.6) is 0 Å². The first kappa shape index (κ1) is 8.91. The Bertz CT molecular complexity index is 170. The molecule has 1 aliphatic rings. The summed E-state index contributed by atoms with van der Waals surface area (Å²) in [5.41, 5.74) is 0. The molecule has 4 heteroatoms. The molecule has 0 saturated heterocycles. The zero-order valence-corrected chi connectivity index (χ0v) is 6.70. The van der Waals surface area contributed by atoms with Crippen LogP contribution in [-0.4, -0.2) is 11.2 Å². The molecule has 1 atom stereocenters. The largest absolute Gasteiger partial charge is 0.281 e. The topological polar surface area (TPSA) is 17.1 Å². The SMILES string of the molecule is O=C(Cl)C1CCCCC1(F)F. The summed E-state index contributed by atoms with van der Waals surface area (Å²) in [4.78, 5) is 10.5. The van der Waals surface area contributed by atoms with Gasteiger partial charge in [-0.3, -0.25) is 4.79 Å². The molecule has 0 N–H and O–H groups in total. The van der Waals surface area contributed by atoms with Crippen LogP contribution in [0.1, 0.15) is 25.7 Å². The van der Waals surface area contributed by atoms with Crippen LogP contribution in [0.2, 0.25) is 0 Å². The van der Waals surface area contributed by atoms with Crippen LogP contribution >= 0.6 is 11.6 Å². The second kappa shape index (κ2) is 3.05. The van der Waals surface area contributed by atoms with E-state index in [-0.39, 0.29) is 12.8 Å². The van der Waals surface area contributed by atoms with Gasteiger partial charge < -0.3 is 0 Å². The van der Waals surface area contributed by atoms with Gasteiger partial charge >= 0.3 is 0 Å². The van der Waals surface area contributed by atoms with E-state index in [1.807, 2.05) is 0 Å². The van der Waals surface area contributed by atoms with E-state index >= 15 is 0 Å². The monoisotopic (exact) mass is 182 g/mol. The fourth-order valence-electron chi connectivity index (χ4n) is 1.37. The van der Waals surface area contributed by atoms with Crippen LogP contribution in [0.15, 0.2) is 0 Å². The second-order valence-corrected chi connectivity index (χ2v) is 3.24. The maximum Gasteiger partial charge on any atom is 0.259 e. The van der Waals surface area contributed by atoms with Crippen LogP contribution in [0.4, 0.5) is 8.78 Å². The molecule has 0 radical (unpaired) electrons. The number of carbonyl (C=O) groups excluding carboxylic acids is 1. The summed E-state index contributed by atoms with van der Waals surface area (Å²) in [7, 11) is 0. The van der Waals surface area contributed by atoms with Crippen molar-refractivity contribution in [1.82, 2.24) is 0 Å². The van der Waals surface area contributed by atoms with Gasteiger partial charge in [0.15, 0.2) is 0 Å². The fourth-order valence-corrected chi connectivity index (χ4v) is 1.64. The second-order valence-electron chi connectivity index (χ2n) is 2.86. The van der Waals surface area contributed by atoms with E-state index in [4.69, 9.17) is 11.6 Å². The summed E-state index contributed by atoms with van der Waals surface area (Å²) in [6.07, 6.45) is 1.21. The summed E-state index contributed by atoms with van der Waals surface area (Å²) in [5.74, 6) is -4.10. The summed E-state index contributed by atoms with van der Waals surface area (Å²) in [6.45, 7) is 0. The van der Waals surface area contributed by atoms with Gasteiger partial charge in [-0.25, -0.2) is 8.78 Å². The molecule has 1 rings (SSSR count). The number of carbonyl (C=O) groups is 1. The van der Waals surface area contributed by atoms with Crippen molar-refractivity contribution in [2.45, 2.75) is 31.6 Å². The van der Waals surface area contributed by atoms with Crippen molar-refractivity contribution in [3.8, 4) is 0 Å². The molecule has 0 bridgehead atoms. The molecule has 0 aromatic heterocycles. The predicted octanol–water partition coefficient (Wildman–Crippen LogP) is 2.58. The van der Waals surface area contributed by atoms with Gasteiger partial charge in [0, 0.05) is 6.42 Å². The highest BCUT2D eigenvalue weighted by Gasteiger charge is 2.44. The average molecular weight is 183 g/mol. The first-order valence-corrected chi connectivity index (χ1v) is 3.99. The Hall–Kier alpha value is -0.180. The molecule has 1 unspecified atom stereocenters. The Morgan fingerprint density at radius 3 is 2.45 bits per heavy atom. The summed E-state index contributed by atoms with van der Waals surface area (Å²) >= 11 is 5.02. The standard InChI is InChI=1S/C7H9ClF2O/c8-6(11)5-3-1-2-4-7(5,9)10/h5H,1-4H2. The number of hydrogen-bond donors (Lipinski definition) is 0. The van der Waals surface area contributed by atoms with Crippen LogP contribution in [0, 0.1) is 5.92 Å². The third kappa shape index (κ3) is 1.89. The molecule has 0 aromatic carbocycles. The van der Waals surface area contributed by atoms with Crippen LogP contribution in [0.25, 0.3) is 0 Å². The zero-order valence-electron chi connectivity index (χ0n) is 5.95. The van der Waals surface area contributed by atoms with Gasteiger partial charge in [-0.1, -0.05) is 6.42 Å². The summed E-state index contributed by atoms with van der Waals surface area (Å²) in [6, 6.07) is 0. The maximum atomic E-state index is 12.8. The lowest BCUT2D eigenvalue weighted by Crippen LogP contribution is -2.35. The lowest BCUT2D eigenvalue weighted by atomic mass is 9.86. The number of alkyl halides is 2. The minimum Gasteiger partial charge on any atom is -0.281 e. The van der Waals surface area contributed by atoms with E-state index in [2.05, 4.69) is 0 Å². The average Bonchev–Trinajstić information content (AvgIpc) is 1.85. The lowest BCUT2D eigenvalue weighted by molar-refractivity contribution is -0.135. The summed E-state index contributed by atoms with van der Waals surface area (Å²) in [5, 5.41) is -0.894. The zero-order chi connectivity index (χ0) is 8.48. The van der Waals surface area contributed by atoms with Crippen molar-refractivity contribution in [1.29, 1.82) is 0 Å². The Labute approximate surface area is 68.7 Å². The molecule has 11 heavy (non-hydrogen) atoms. The quantitative estimate of drug-likeness (QED) is 0.570. The normalized spacial score (nSPS) is 29.9. The minimum absolute atomic E-state index is 0.198. The smallest absolute Gasteiger partial charge is 0.259 e. The van der Waals surface area contributed by atoms with Crippen molar-refractivity contribution in [3.05, 3.63) is 0 Å². The molecule has 0 aromatic rings. The van der Waals surface area contributed by atoms with Crippen molar-refractivity contribution in [2.75, 3.05) is 0 Å². The van der Waals surface area contributed by atoms with Crippen molar-refractivity contribution in [3.63, 3.8) is 0 Å². The predicted molar refractivity (Wildman–Crippen MR) is 37.8 cm³/mol. The van der Waals surface area contributed by atoms with Gasteiger partial charge in [0.25, 0.3) is 5.92 Å². The van der Waals surface area contributed by atoms with Gasteiger partial charge in [-0.15, -0.1) is 0 Å². The van der Waals surface area contributed by atoms with E-state index in [1.54, 1.807) is 0 Å². The van der Waals surface area contributed by atoms with Gasteiger partial charge in [-0.05, 0) is 24.4 Å². The van der Waals surface area contributed by atoms with Crippen LogP contribution in [-0.2, 0) is 4.79 Å². The third-order valence-corrected chi connectivity index (χ3v) is 2.30. The van der Waals surface area contributed by atoms with E-state index in [1.165, 1.54) is 0 Å². The first-order valence-electron chi connectivity index (χ1n) is 3.61. The molecule has 1 saturated carbocycles. The molecular weight excluding hydrogens is 174 g/mol. The van der Waals surface area contributed by atoms with E-state index in [9.17, 15) is 13.6 Å². The summed E-state index contributed by atoms with van der Waals surface area (Å²) < 4.78 is 25.6. The molecular formula is C7H9ClF2O. The first-order chi connectivity index (χ1) is 5.04. The molecule has 0 amide bonds. The molecule has 0 heterocycles. The van der Waals surface area contributed by atoms with Gasteiger partial charge in [-0.2, -0.15) is 0 Å². The molecule has 0 aliphatic heterocycles. The van der Waals surface area contributed by atoms with Crippen molar-refractivity contribution < 1.29 is 13.6 Å². The Balaban J connectivity index is 2.67. The number of hydrogen-bond acceptors (Lipinski definition) is 1. The minimum atomic E-state index is -2.86. The van der Waals surface area contributed by atoms with E-state index in [0.717, 1.165) is 0 Å². The van der Waals surface area contributed by atoms with E-state index < -0.39 is 17.1 Å². The highest BCUT2D eigenvalue weighted by Crippen LogP contribution is 2.39. The highest BCUT2D eigenvalue weighted by molar-refractivity contribution is 6.64. The maximum absolute atomic E-state index is 12.8. The van der Waals surface area contributed by atoms with Crippen molar-refractivity contribution in [2.24, 2.45) is 5.92 Å². The lowest BCUT2D eigenvalue weighted by Gasteiger charge is -2.28. The van der Waals surface area contributed by atoms with Crippen LogP contribution < -0.4 is 0 Å². The molecule has 0 spiro atoms. The number of rotatable bonds is 1. The Kier molecular flexibility index (Phi) is 2.47. The molecule has 1 aliphatic carbocycles. The molecule has 64 valence electrons. The Morgan fingerprint density at radius 2 is 2.09 bits per heavy atom. The van der Waals surface area contributed by atoms with E-state index in [0.29, 0.717) is 12.8 Å². The van der Waals surface area contributed by atoms with Gasteiger partial charge in [0.2, 0.25) is 5.24 Å². The van der Waals surface area contributed by atoms with Gasteiger partial charge in [0.05, 0.1) is 5.92 Å². The highest BCUT2D eigenvalue weighted by atomic mass is 35.5. The third-order valence-electron chi connectivity index (χ3n) is 2.04. The Morgan fingerprint density at radius 1 is 1.45 bits per heavy atom. The number of halogens is 3. The molecule has 1 fully saturated rings. The van der Waals surface area contributed by atoms with Gasteiger partial charge in [0.1, 0.15) is 0 Å². The van der Waals surface area contributed by atoms with Crippen LogP contribution in [0.3, 0.4) is 0 Å². The van der Waals surface area contributed by atoms with Crippen molar-refractivity contribution >= 4 is 16.8 Å².